The van der Waals surface area contributed by atoms with Crippen molar-refractivity contribution in [3.05, 3.63) is 42.5 Å². The Hall–Kier alpha value is -1.90. The molecule has 2 rings (SSSR count). The van der Waals surface area contributed by atoms with E-state index in [2.05, 4.69) is 15.4 Å². The minimum absolute atomic E-state index is 0.187. The summed E-state index contributed by atoms with van der Waals surface area (Å²) in [5.74, 6) is 5.83. The van der Waals surface area contributed by atoms with Crippen molar-refractivity contribution in [2.45, 2.75) is 11.4 Å². The molecule has 8 heteroatoms. The summed E-state index contributed by atoms with van der Waals surface area (Å²) in [7, 11) is -2.03. The van der Waals surface area contributed by atoms with Crippen LogP contribution in [-0.4, -0.2) is 29.7 Å². The zero-order valence-electron chi connectivity index (χ0n) is 10.4. The Labute approximate surface area is 111 Å². The van der Waals surface area contributed by atoms with Crippen molar-refractivity contribution in [2.75, 3.05) is 12.5 Å². The van der Waals surface area contributed by atoms with Gasteiger partial charge >= 0.3 is 0 Å². The zero-order chi connectivity index (χ0) is 13.9. The van der Waals surface area contributed by atoms with E-state index < -0.39 is 10.0 Å². The normalized spacial score (nSPS) is 11.7. The van der Waals surface area contributed by atoms with Gasteiger partial charge in [-0.1, -0.05) is 0 Å². The third kappa shape index (κ3) is 2.92. The van der Waals surface area contributed by atoms with E-state index in [0.29, 0.717) is 11.5 Å². The van der Waals surface area contributed by atoms with Gasteiger partial charge in [0.1, 0.15) is 5.82 Å². The number of nitrogens with two attached hydrogens (primary N) is 1. The topological polar surface area (TPSA) is 104 Å². The van der Waals surface area contributed by atoms with Gasteiger partial charge in [-0.05, 0) is 24.3 Å². The van der Waals surface area contributed by atoms with Gasteiger partial charge in [-0.25, -0.2) is 13.4 Å². The van der Waals surface area contributed by atoms with E-state index in [1.807, 2.05) is 0 Å². The smallest absolute Gasteiger partial charge is 0.243 e. The molecule has 2 aromatic rings. The number of benzene rings is 1. The molecular formula is C11H15N5O2S. The fourth-order valence-corrected chi connectivity index (χ4v) is 2.72. The standard InChI is InChI=1S/C11H15N5O2S/c1-16(8-11-13-6-7-14-11)19(17,18)10-4-2-9(15-12)3-5-10/h2-7,15H,8,12H2,1H3,(H,13,14). The number of hydrazine groups is 1. The van der Waals surface area contributed by atoms with Crippen molar-refractivity contribution < 1.29 is 8.42 Å². The van der Waals surface area contributed by atoms with E-state index in [4.69, 9.17) is 5.84 Å². The lowest BCUT2D eigenvalue weighted by Gasteiger charge is -2.16. The third-order valence-corrected chi connectivity index (χ3v) is 4.47. The highest BCUT2D eigenvalue weighted by Crippen LogP contribution is 2.17. The molecule has 0 saturated heterocycles. The Morgan fingerprint density at radius 1 is 1.37 bits per heavy atom. The molecule has 1 aromatic carbocycles. The maximum Gasteiger partial charge on any atom is 0.243 e. The van der Waals surface area contributed by atoms with Gasteiger partial charge in [0.2, 0.25) is 10.0 Å². The summed E-state index contributed by atoms with van der Waals surface area (Å²) < 4.78 is 25.8. The van der Waals surface area contributed by atoms with E-state index >= 15 is 0 Å². The highest BCUT2D eigenvalue weighted by atomic mass is 32.2. The Balaban J connectivity index is 2.20. The van der Waals surface area contributed by atoms with E-state index in [9.17, 15) is 8.42 Å². The number of nitrogens with zero attached hydrogens (tertiary/aromatic N) is 2. The lowest BCUT2D eigenvalue weighted by molar-refractivity contribution is 0.458. The quantitative estimate of drug-likeness (QED) is 0.547. The number of hydrogen-bond acceptors (Lipinski definition) is 5. The molecule has 0 atom stereocenters. The summed E-state index contributed by atoms with van der Waals surface area (Å²) in [6.07, 6.45) is 3.23. The molecule has 0 aliphatic rings. The van der Waals surface area contributed by atoms with Crippen molar-refractivity contribution in [1.29, 1.82) is 0 Å². The summed E-state index contributed by atoms with van der Waals surface area (Å²) in [4.78, 5) is 7.08. The van der Waals surface area contributed by atoms with Crippen LogP contribution in [-0.2, 0) is 16.6 Å². The molecule has 1 aromatic heterocycles. The van der Waals surface area contributed by atoms with Crippen LogP contribution in [0.4, 0.5) is 5.69 Å². The first-order chi connectivity index (χ1) is 9.04. The maximum atomic E-state index is 12.3. The highest BCUT2D eigenvalue weighted by Gasteiger charge is 2.21. The van der Waals surface area contributed by atoms with Crippen LogP contribution < -0.4 is 11.3 Å². The SMILES string of the molecule is CN(Cc1ncc[nH]1)S(=O)(=O)c1ccc(NN)cc1. The third-order valence-electron chi connectivity index (χ3n) is 2.66. The average Bonchev–Trinajstić information content (AvgIpc) is 2.91. The molecule has 0 radical (unpaired) electrons. The fourth-order valence-electron chi connectivity index (χ4n) is 1.58. The number of anilines is 1. The zero-order valence-corrected chi connectivity index (χ0v) is 11.2. The number of nitrogens with one attached hydrogen (secondary N) is 2. The number of nitrogen functional groups attached to an aromatic ring is 1. The molecule has 0 amide bonds. The van der Waals surface area contributed by atoms with Gasteiger partial charge in [0.05, 0.1) is 11.4 Å². The molecule has 1 heterocycles. The fraction of sp³-hybridized carbons (Fsp3) is 0.182. The van der Waals surface area contributed by atoms with Gasteiger partial charge < -0.3 is 10.4 Å². The maximum absolute atomic E-state index is 12.3. The number of hydrogen-bond donors (Lipinski definition) is 3. The summed E-state index contributed by atoms with van der Waals surface area (Å²) in [6, 6.07) is 6.22. The average molecular weight is 281 g/mol. The second-order valence-electron chi connectivity index (χ2n) is 3.97. The number of aromatic amines is 1. The Morgan fingerprint density at radius 3 is 2.58 bits per heavy atom. The van der Waals surface area contributed by atoms with Gasteiger partial charge in [-0.15, -0.1) is 0 Å². The number of sulfonamides is 1. The van der Waals surface area contributed by atoms with Crippen molar-refractivity contribution in [1.82, 2.24) is 14.3 Å². The highest BCUT2D eigenvalue weighted by molar-refractivity contribution is 7.89. The van der Waals surface area contributed by atoms with Crippen LogP contribution in [0, 0.1) is 0 Å². The molecule has 102 valence electrons. The summed E-state index contributed by atoms with van der Waals surface area (Å²) in [5.41, 5.74) is 3.09. The van der Waals surface area contributed by atoms with Crippen LogP contribution in [0.1, 0.15) is 5.82 Å². The number of imidazole rings is 1. The molecule has 0 aliphatic carbocycles. The molecule has 4 N–H and O–H groups in total. The van der Waals surface area contributed by atoms with Crippen LogP contribution in [0.25, 0.3) is 0 Å². The second kappa shape index (κ2) is 5.39. The van der Waals surface area contributed by atoms with Gasteiger partial charge in [-0.2, -0.15) is 4.31 Å². The minimum atomic E-state index is -3.54. The van der Waals surface area contributed by atoms with E-state index in [0.717, 1.165) is 0 Å². The monoisotopic (exact) mass is 281 g/mol. The summed E-state index contributed by atoms with van der Waals surface area (Å²) in [6.45, 7) is 0.187. The van der Waals surface area contributed by atoms with Gasteiger partial charge in [0, 0.05) is 25.1 Å². The minimum Gasteiger partial charge on any atom is -0.347 e. The first kappa shape index (κ1) is 13.5. The van der Waals surface area contributed by atoms with E-state index in [-0.39, 0.29) is 11.4 Å². The Morgan fingerprint density at radius 2 is 2.05 bits per heavy atom. The molecule has 19 heavy (non-hydrogen) atoms. The van der Waals surface area contributed by atoms with Crippen LogP contribution in [0.2, 0.25) is 0 Å². The molecule has 0 bridgehead atoms. The first-order valence-corrected chi connectivity index (χ1v) is 6.99. The van der Waals surface area contributed by atoms with Gasteiger partial charge in [0.25, 0.3) is 0 Å². The van der Waals surface area contributed by atoms with Crippen LogP contribution in [0.15, 0.2) is 41.6 Å². The van der Waals surface area contributed by atoms with Crippen molar-refractivity contribution in [3.8, 4) is 0 Å². The predicted octanol–water partition coefficient (Wildman–Crippen LogP) is 0.516. The van der Waals surface area contributed by atoms with Crippen molar-refractivity contribution in [3.63, 3.8) is 0 Å². The van der Waals surface area contributed by atoms with Gasteiger partial charge in [0.15, 0.2) is 0 Å². The van der Waals surface area contributed by atoms with Crippen LogP contribution >= 0.6 is 0 Å². The second-order valence-corrected chi connectivity index (χ2v) is 6.01. The van der Waals surface area contributed by atoms with Crippen molar-refractivity contribution in [2.24, 2.45) is 5.84 Å². The largest absolute Gasteiger partial charge is 0.347 e. The molecule has 0 fully saturated rings. The molecule has 0 saturated carbocycles. The number of H-pyrrole nitrogens is 1. The lowest BCUT2D eigenvalue weighted by atomic mass is 10.3. The predicted molar refractivity (Wildman–Crippen MR) is 71.5 cm³/mol. The first-order valence-electron chi connectivity index (χ1n) is 5.55. The Kier molecular flexibility index (Phi) is 3.84. The lowest BCUT2D eigenvalue weighted by Crippen LogP contribution is -2.27. The molecule has 0 aliphatic heterocycles. The van der Waals surface area contributed by atoms with Crippen LogP contribution in [0.3, 0.4) is 0 Å². The molecule has 0 unspecified atom stereocenters. The van der Waals surface area contributed by atoms with Crippen LogP contribution in [0.5, 0.6) is 0 Å². The number of aromatic nitrogens is 2. The molecular weight excluding hydrogens is 266 g/mol. The summed E-state index contributed by atoms with van der Waals surface area (Å²) >= 11 is 0. The number of rotatable bonds is 5. The van der Waals surface area contributed by atoms with E-state index in [1.165, 1.54) is 23.5 Å². The van der Waals surface area contributed by atoms with E-state index in [1.54, 1.807) is 24.5 Å². The molecule has 0 spiro atoms. The summed E-state index contributed by atoms with van der Waals surface area (Å²) in [5, 5.41) is 0. The van der Waals surface area contributed by atoms with Crippen molar-refractivity contribution >= 4 is 15.7 Å². The molecule has 7 nitrogen and oxygen atoms in total. The Bertz CT molecular complexity index is 622. The van der Waals surface area contributed by atoms with Gasteiger partial charge in [-0.3, -0.25) is 5.84 Å².